The lowest BCUT2D eigenvalue weighted by Gasteiger charge is -2.39. The van der Waals surface area contributed by atoms with E-state index in [9.17, 15) is 9.50 Å². The molecule has 4 heteroatoms. The van der Waals surface area contributed by atoms with Gasteiger partial charge >= 0.3 is 0 Å². The highest BCUT2D eigenvalue weighted by Gasteiger charge is 2.45. The third-order valence-corrected chi connectivity index (χ3v) is 4.22. The van der Waals surface area contributed by atoms with Crippen molar-refractivity contribution in [2.45, 2.75) is 32.2 Å². The summed E-state index contributed by atoms with van der Waals surface area (Å²) in [6.45, 7) is 6.74. The number of anilines is 1. The highest BCUT2D eigenvalue weighted by atomic mass is 19.1. The molecular weight excluding hydrogens is 255 g/mol. The first-order valence-electron chi connectivity index (χ1n) is 7.51. The molecule has 0 saturated heterocycles. The summed E-state index contributed by atoms with van der Waals surface area (Å²) in [5.41, 5.74) is 0.768. The molecule has 0 aliphatic heterocycles. The zero-order valence-electron chi connectivity index (χ0n) is 12.4. The smallest absolute Gasteiger partial charge is 0.123 e. The Labute approximate surface area is 120 Å². The number of likely N-dealkylation sites (N-methyl/N-ethyl adjacent to an activating group) is 2. The first-order valence-corrected chi connectivity index (χ1v) is 7.51. The van der Waals surface area contributed by atoms with E-state index >= 15 is 0 Å². The van der Waals surface area contributed by atoms with E-state index < -0.39 is 0 Å². The largest absolute Gasteiger partial charge is 0.394 e. The van der Waals surface area contributed by atoms with Crippen LogP contribution in [0.2, 0.25) is 0 Å². The van der Waals surface area contributed by atoms with Crippen molar-refractivity contribution < 1.29 is 9.50 Å². The number of benzene rings is 1. The zero-order chi connectivity index (χ0) is 14.6. The van der Waals surface area contributed by atoms with Crippen molar-refractivity contribution in [1.82, 2.24) is 5.32 Å². The Morgan fingerprint density at radius 2 is 1.95 bits per heavy atom. The van der Waals surface area contributed by atoms with E-state index in [-0.39, 0.29) is 18.0 Å². The molecule has 0 spiro atoms. The minimum atomic E-state index is -0.237. The number of aliphatic hydroxyl groups is 1. The molecule has 1 aromatic rings. The Bertz CT molecular complexity index is 419. The van der Waals surface area contributed by atoms with Crippen LogP contribution in [0.5, 0.6) is 0 Å². The van der Waals surface area contributed by atoms with Gasteiger partial charge in [0.1, 0.15) is 5.82 Å². The van der Waals surface area contributed by atoms with Crippen LogP contribution in [0.3, 0.4) is 0 Å². The van der Waals surface area contributed by atoms with Gasteiger partial charge in [0.25, 0.3) is 0 Å². The van der Waals surface area contributed by atoms with E-state index in [2.05, 4.69) is 24.1 Å². The average Bonchev–Trinajstić information content (AvgIpc) is 3.30. The predicted octanol–water partition coefficient (Wildman–Crippen LogP) is 2.40. The average molecular weight is 280 g/mol. The van der Waals surface area contributed by atoms with Crippen molar-refractivity contribution in [1.29, 1.82) is 0 Å². The van der Waals surface area contributed by atoms with Crippen LogP contribution in [-0.4, -0.2) is 36.9 Å². The number of aliphatic hydroxyl groups excluding tert-OH is 1. The second-order valence-electron chi connectivity index (χ2n) is 5.61. The van der Waals surface area contributed by atoms with Gasteiger partial charge in [-0.2, -0.15) is 0 Å². The second kappa shape index (κ2) is 6.55. The fourth-order valence-corrected chi connectivity index (χ4v) is 2.93. The van der Waals surface area contributed by atoms with Crippen LogP contribution in [0.15, 0.2) is 24.3 Å². The van der Waals surface area contributed by atoms with E-state index in [0.717, 1.165) is 25.3 Å². The molecule has 1 atom stereocenters. The molecule has 1 aliphatic rings. The molecule has 0 amide bonds. The Morgan fingerprint density at radius 1 is 1.30 bits per heavy atom. The van der Waals surface area contributed by atoms with Gasteiger partial charge in [-0.3, -0.25) is 0 Å². The van der Waals surface area contributed by atoms with Gasteiger partial charge in [-0.05, 0) is 56.5 Å². The molecule has 2 N–H and O–H groups in total. The normalized spacial score (nSPS) is 17.8. The van der Waals surface area contributed by atoms with E-state index in [1.54, 1.807) is 12.1 Å². The maximum Gasteiger partial charge on any atom is 0.123 e. The molecule has 0 bridgehead atoms. The Balaban J connectivity index is 2.16. The number of hydrogen-bond donors (Lipinski definition) is 2. The standard InChI is InChI=1S/C16H25FN2O/c1-3-18-16(12-20,13-5-6-13)11-19(4-2)15-9-7-14(17)8-10-15/h7-10,13,18,20H,3-6,11-12H2,1-2H3. The van der Waals surface area contributed by atoms with Gasteiger partial charge in [-0.1, -0.05) is 6.92 Å². The van der Waals surface area contributed by atoms with Gasteiger partial charge < -0.3 is 15.3 Å². The lowest BCUT2D eigenvalue weighted by molar-refractivity contribution is 0.146. The molecule has 0 radical (unpaired) electrons. The molecule has 1 aliphatic carbocycles. The number of hydrogen-bond acceptors (Lipinski definition) is 3. The summed E-state index contributed by atoms with van der Waals surface area (Å²) < 4.78 is 13.0. The van der Waals surface area contributed by atoms with Crippen LogP contribution in [0.4, 0.5) is 10.1 Å². The number of nitrogens with one attached hydrogen (secondary N) is 1. The Hall–Kier alpha value is -1.13. The van der Waals surface area contributed by atoms with Gasteiger partial charge in [0, 0.05) is 18.8 Å². The number of nitrogens with zero attached hydrogens (tertiary/aromatic N) is 1. The molecule has 1 aromatic carbocycles. The van der Waals surface area contributed by atoms with E-state index in [1.165, 1.54) is 25.0 Å². The third kappa shape index (κ3) is 3.30. The molecule has 20 heavy (non-hydrogen) atoms. The molecule has 0 aromatic heterocycles. The summed E-state index contributed by atoms with van der Waals surface area (Å²) in [5, 5.41) is 13.4. The first kappa shape index (κ1) is 15.3. The SMILES string of the molecule is CCNC(CO)(CN(CC)c1ccc(F)cc1)C1CC1. The Kier molecular flexibility index (Phi) is 5.00. The molecular formula is C16H25FN2O. The number of rotatable bonds is 8. The van der Waals surface area contributed by atoms with Crippen molar-refractivity contribution in [3.05, 3.63) is 30.1 Å². The minimum absolute atomic E-state index is 0.142. The van der Waals surface area contributed by atoms with Gasteiger partial charge in [0.05, 0.1) is 12.1 Å². The maximum atomic E-state index is 13.0. The molecule has 2 rings (SSSR count). The van der Waals surface area contributed by atoms with Gasteiger partial charge in [0.15, 0.2) is 0 Å². The molecule has 3 nitrogen and oxygen atoms in total. The van der Waals surface area contributed by atoms with Crippen LogP contribution >= 0.6 is 0 Å². The van der Waals surface area contributed by atoms with Crippen molar-refractivity contribution >= 4 is 5.69 Å². The van der Waals surface area contributed by atoms with Crippen LogP contribution in [0.1, 0.15) is 26.7 Å². The summed E-state index contributed by atoms with van der Waals surface area (Å²) in [5.74, 6) is 0.328. The van der Waals surface area contributed by atoms with Crippen LogP contribution < -0.4 is 10.2 Å². The predicted molar refractivity (Wildman–Crippen MR) is 80.5 cm³/mol. The van der Waals surface area contributed by atoms with Crippen molar-refractivity contribution in [3.63, 3.8) is 0 Å². The zero-order valence-corrected chi connectivity index (χ0v) is 12.4. The highest BCUT2D eigenvalue weighted by Crippen LogP contribution is 2.40. The van der Waals surface area contributed by atoms with Gasteiger partial charge in [-0.15, -0.1) is 0 Å². The van der Waals surface area contributed by atoms with Gasteiger partial charge in [-0.25, -0.2) is 4.39 Å². The lowest BCUT2D eigenvalue weighted by Crippen LogP contribution is -2.58. The van der Waals surface area contributed by atoms with Crippen LogP contribution in [-0.2, 0) is 0 Å². The lowest BCUT2D eigenvalue weighted by atomic mass is 9.92. The van der Waals surface area contributed by atoms with Crippen LogP contribution in [0.25, 0.3) is 0 Å². The van der Waals surface area contributed by atoms with Crippen molar-refractivity contribution in [2.75, 3.05) is 31.1 Å². The first-order chi connectivity index (χ1) is 9.65. The molecule has 1 saturated carbocycles. The molecule has 1 unspecified atom stereocenters. The fraction of sp³-hybridized carbons (Fsp3) is 0.625. The summed E-state index contributed by atoms with van der Waals surface area (Å²) in [6, 6.07) is 6.59. The molecule has 0 heterocycles. The number of halogens is 1. The second-order valence-corrected chi connectivity index (χ2v) is 5.61. The fourth-order valence-electron chi connectivity index (χ4n) is 2.93. The van der Waals surface area contributed by atoms with Crippen molar-refractivity contribution in [2.24, 2.45) is 5.92 Å². The monoisotopic (exact) mass is 280 g/mol. The van der Waals surface area contributed by atoms with Gasteiger partial charge in [0.2, 0.25) is 0 Å². The van der Waals surface area contributed by atoms with Crippen molar-refractivity contribution in [3.8, 4) is 0 Å². The van der Waals surface area contributed by atoms with E-state index in [4.69, 9.17) is 0 Å². The maximum absolute atomic E-state index is 13.0. The van der Waals surface area contributed by atoms with Crippen LogP contribution in [0, 0.1) is 11.7 Å². The summed E-state index contributed by atoms with van der Waals surface area (Å²) >= 11 is 0. The minimum Gasteiger partial charge on any atom is -0.394 e. The van der Waals surface area contributed by atoms with E-state index in [1.807, 2.05) is 0 Å². The quantitative estimate of drug-likeness (QED) is 0.767. The summed E-state index contributed by atoms with van der Waals surface area (Å²) in [4.78, 5) is 2.20. The topological polar surface area (TPSA) is 35.5 Å². The summed E-state index contributed by atoms with van der Waals surface area (Å²) in [7, 11) is 0. The molecule has 112 valence electrons. The Morgan fingerprint density at radius 3 is 2.40 bits per heavy atom. The summed E-state index contributed by atoms with van der Waals surface area (Å²) in [6.07, 6.45) is 2.35. The molecule has 1 fully saturated rings. The third-order valence-electron chi connectivity index (χ3n) is 4.22. The van der Waals surface area contributed by atoms with E-state index in [0.29, 0.717) is 5.92 Å². The highest BCUT2D eigenvalue weighted by molar-refractivity contribution is 5.46.